The van der Waals surface area contributed by atoms with Crippen molar-refractivity contribution in [2.24, 2.45) is 5.14 Å². The maximum absolute atomic E-state index is 13.2. The molecule has 5 rings (SSSR count). The monoisotopic (exact) mass is 492 g/mol. The number of hydrogen-bond donors (Lipinski definition) is 3. The topological polar surface area (TPSA) is 125 Å². The summed E-state index contributed by atoms with van der Waals surface area (Å²) in [5.41, 5.74) is 6.75. The lowest BCUT2D eigenvalue weighted by atomic mass is 9.96. The highest BCUT2D eigenvalue weighted by Crippen LogP contribution is 2.28. The van der Waals surface area contributed by atoms with Crippen LogP contribution in [0.1, 0.15) is 55.1 Å². The predicted octanol–water partition coefficient (Wildman–Crippen LogP) is 2.32. The number of aromatic nitrogens is 1. The number of fused-ring (bicyclic) bond motifs is 2. The fraction of sp³-hybridized carbons (Fsp3) is 0.308. The molecule has 1 aliphatic heterocycles. The molecule has 0 radical (unpaired) electrons. The molecule has 0 saturated carbocycles. The Labute approximate surface area is 204 Å². The summed E-state index contributed by atoms with van der Waals surface area (Å²) in [4.78, 5) is 31.0. The number of carbonyl (C=O) groups excluding carboxylic acids is 2. The molecular formula is C26H28N4O4S. The second-order valence-corrected chi connectivity index (χ2v) is 10.7. The Bertz CT molecular complexity index is 1390. The van der Waals surface area contributed by atoms with Gasteiger partial charge in [-0.25, -0.2) is 13.6 Å². The van der Waals surface area contributed by atoms with Crippen LogP contribution in [0.15, 0.2) is 53.6 Å². The molecule has 2 heterocycles. The van der Waals surface area contributed by atoms with Crippen LogP contribution in [0.25, 0.3) is 0 Å². The number of carbonyl (C=O) groups is 2. The van der Waals surface area contributed by atoms with Crippen molar-refractivity contribution in [3.8, 4) is 0 Å². The van der Waals surface area contributed by atoms with Gasteiger partial charge in [-0.2, -0.15) is 0 Å². The molecule has 2 aromatic carbocycles. The molecule has 1 aliphatic carbocycles. The summed E-state index contributed by atoms with van der Waals surface area (Å²) in [6, 6.07) is 12.0. The minimum absolute atomic E-state index is 0.0297. The van der Waals surface area contributed by atoms with Crippen LogP contribution in [-0.4, -0.2) is 43.2 Å². The molecule has 3 aromatic rings. The van der Waals surface area contributed by atoms with Crippen LogP contribution in [0.5, 0.6) is 0 Å². The van der Waals surface area contributed by atoms with Crippen molar-refractivity contribution in [2.45, 2.75) is 43.5 Å². The van der Waals surface area contributed by atoms with E-state index >= 15 is 0 Å². The molecule has 0 fully saturated rings. The number of nitrogens with two attached hydrogens (primary N) is 1. The fourth-order valence-electron chi connectivity index (χ4n) is 4.95. The number of sulfonamides is 1. The van der Waals surface area contributed by atoms with Gasteiger partial charge in [0.15, 0.2) is 0 Å². The van der Waals surface area contributed by atoms with Crippen molar-refractivity contribution in [1.29, 1.82) is 0 Å². The average Bonchev–Trinajstić information content (AvgIpc) is 3.47. The predicted molar refractivity (Wildman–Crippen MR) is 132 cm³/mol. The molecular weight excluding hydrogens is 464 g/mol. The number of nitrogens with one attached hydrogen (secondary N) is 2. The first-order valence-electron chi connectivity index (χ1n) is 11.8. The normalized spacial score (nSPS) is 14.9. The van der Waals surface area contributed by atoms with Crippen molar-refractivity contribution in [3.63, 3.8) is 0 Å². The Kier molecular flexibility index (Phi) is 6.21. The fourth-order valence-corrected chi connectivity index (χ4v) is 5.46. The number of nitrogens with zero attached hydrogens (tertiary/aromatic N) is 1. The molecule has 0 saturated heterocycles. The van der Waals surface area contributed by atoms with E-state index in [1.54, 1.807) is 12.1 Å². The zero-order valence-electron chi connectivity index (χ0n) is 19.3. The van der Waals surface area contributed by atoms with E-state index in [9.17, 15) is 18.0 Å². The van der Waals surface area contributed by atoms with Crippen LogP contribution in [0, 0.1) is 0 Å². The maximum atomic E-state index is 13.2. The van der Waals surface area contributed by atoms with Gasteiger partial charge in [0.1, 0.15) is 5.69 Å². The van der Waals surface area contributed by atoms with Gasteiger partial charge in [0, 0.05) is 31.4 Å². The van der Waals surface area contributed by atoms with Crippen molar-refractivity contribution in [1.82, 2.24) is 15.2 Å². The van der Waals surface area contributed by atoms with E-state index in [2.05, 4.69) is 10.3 Å². The standard InChI is InChI=1S/C26H28N4O4S/c27-35(33,34)22-8-4-17(5-9-22)10-12-28-25(31)19-7-6-18-11-13-30(16-21(18)14-19)26(32)24-23-3-1-2-20(23)15-29-24/h4-9,14-15,29H,1-3,10-13,16H2,(H,28,31)(H2,27,33,34). The third kappa shape index (κ3) is 4.87. The molecule has 0 bridgehead atoms. The first-order valence-corrected chi connectivity index (χ1v) is 13.3. The van der Waals surface area contributed by atoms with Crippen molar-refractivity contribution in [2.75, 3.05) is 13.1 Å². The van der Waals surface area contributed by atoms with E-state index < -0.39 is 10.0 Å². The largest absolute Gasteiger partial charge is 0.357 e. The summed E-state index contributed by atoms with van der Waals surface area (Å²) in [6.07, 6.45) is 6.36. The third-order valence-electron chi connectivity index (χ3n) is 6.89. The van der Waals surface area contributed by atoms with Crippen LogP contribution in [-0.2, 0) is 42.3 Å². The highest BCUT2D eigenvalue weighted by atomic mass is 32.2. The van der Waals surface area contributed by atoms with Crippen molar-refractivity contribution < 1.29 is 18.0 Å². The third-order valence-corrected chi connectivity index (χ3v) is 7.82. The van der Waals surface area contributed by atoms with Crippen LogP contribution >= 0.6 is 0 Å². The van der Waals surface area contributed by atoms with Gasteiger partial charge in [-0.05, 0) is 84.2 Å². The Morgan fingerprint density at radius 1 is 1.00 bits per heavy atom. The summed E-state index contributed by atoms with van der Waals surface area (Å²) in [5, 5.41) is 8.04. The van der Waals surface area contributed by atoms with E-state index in [4.69, 9.17) is 5.14 Å². The molecule has 0 unspecified atom stereocenters. The van der Waals surface area contributed by atoms with Gasteiger partial charge in [0.2, 0.25) is 10.0 Å². The van der Waals surface area contributed by atoms with E-state index in [0.717, 1.165) is 47.9 Å². The molecule has 35 heavy (non-hydrogen) atoms. The second-order valence-electron chi connectivity index (χ2n) is 9.18. The van der Waals surface area contributed by atoms with E-state index in [0.29, 0.717) is 37.3 Å². The molecule has 2 aliphatic rings. The minimum Gasteiger partial charge on any atom is -0.357 e. The highest BCUT2D eigenvalue weighted by molar-refractivity contribution is 7.89. The lowest BCUT2D eigenvalue weighted by Crippen LogP contribution is -2.36. The summed E-state index contributed by atoms with van der Waals surface area (Å²) >= 11 is 0. The Hall–Kier alpha value is -3.43. The van der Waals surface area contributed by atoms with E-state index in [1.807, 2.05) is 29.3 Å². The van der Waals surface area contributed by atoms with E-state index in [-0.39, 0.29) is 16.7 Å². The smallest absolute Gasteiger partial charge is 0.270 e. The van der Waals surface area contributed by atoms with E-state index in [1.165, 1.54) is 17.7 Å². The molecule has 8 nitrogen and oxygen atoms in total. The van der Waals surface area contributed by atoms with Crippen molar-refractivity contribution in [3.05, 3.63) is 87.7 Å². The zero-order chi connectivity index (χ0) is 24.6. The number of hydrogen-bond acceptors (Lipinski definition) is 4. The van der Waals surface area contributed by atoms with Gasteiger partial charge in [-0.1, -0.05) is 18.2 Å². The lowest BCUT2D eigenvalue weighted by molar-refractivity contribution is 0.0728. The van der Waals surface area contributed by atoms with Crippen LogP contribution in [0.3, 0.4) is 0 Å². The highest BCUT2D eigenvalue weighted by Gasteiger charge is 2.27. The Balaban J connectivity index is 1.21. The lowest BCUT2D eigenvalue weighted by Gasteiger charge is -2.29. The number of aromatic amines is 1. The summed E-state index contributed by atoms with van der Waals surface area (Å²) < 4.78 is 22.7. The Morgan fingerprint density at radius 3 is 2.57 bits per heavy atom. The Morgan fingerprint density at radius 2 is 1.80 bits per heavy atom. The minimum atomic E-state index is -3.72. The SMILES string of the molecule is NS(=O)(=O)c1ccc(CCNC(=O)c2ccc3c(c2)CN(C(=O)c2[nH]cc4c2CCC4)CC3)cc1. The summed E-state index contributed by atoms with van der Waals surface area (Å²) in [7, 11) is -3.72. The van der Waals surface area contributed by atoms with Gasteiger partial charge >= 0.3 is 0 Å². The van der Waals surface area contributed by atoms with Gasteiger partial charge in [0.25, 0.3) is 11.8 Å². The number of H-pyrrole nitrogens is 1. The molecule has 1 aromatic heterocycles. The number of aryl methyl sites for hydroxylation is 1. The van der Waals surface area contributed by atoms with Gasteiger partial charge < -0.3 is 15.2 Å². The average molecular weight is 493 g/mol. The molecule has 4 N–H and O–H groups in total. The second kappa shape index (κ2) is 9.31. The molecule has 182 valence electrons. The number of amides is 2. The zero-order valence-corrected chi connectivity index (χ0v) is 20.2. The first kappa shape index (κ1) is 23.3. The molecule has 0 spiro atoms. The number of primary sulfonamides is 1. The quantitative estimate of drug-likeness (QED) is 0.488. The number of benzene rings is 2. The maximum Gasteiger partial charge on any atom is 0.270 e. The van der Waals surface area contributed by atoms with Crippen LogP contribution < -0.4 is 10.5 Å². The molecule has 9 heteroatoms. The molecule has 2 amide bonds. The van der Waals surface area contributed by atoms with Crippen LogP contribution in [0.2, 0.25) is 0 Å². The number of rotatable bonds is 6. The first-order chi connectivity index (χ1) is 16.8. The van der Waals surface area contributed by atoms with Crippen molar-refractivity contribution >= 4 is 21.8 Å². The summed E-state index contributed by atoms with van der Waals surface area (Å²) in [5.74, 6) is -0.151. The van der Waals surface area contributed by atoms with Gasteiger partial charge in [-0.15, -0.1) is 0 Å². The van der Waals surface area contributed by atoms with Gasteiger partial charge in [0.05, 0.1) is 4.90 Å². The van der Waals surface area contributed by atoms with Gasteiger partial charge in [-0.3, -0.25) is 9.59 Å². The van der Waals surface area contributed by atoms with Crippen LogP contribution in [0.4, 0.5) is 0 Å². The summed E-state index contributed by atoms with van der Waals surface area (Å²) in [6.45, 7) is 1.56. The molecule has 0 atom stereocenters.